The highest BCUT2D eigenvalue weighted by Gasteiger charge is 2.51. The minimum Gasteiger partial charge on any atom is -0.390 e. The van der Waals surface area contributed by atoms with Gasteiger partial charge in [-0.3, -0.25) is 14.3 Å². The lowest BCUT2D eigenvalue weighted by Gasteiger charge is -2.37. The zero-order chi connectivity index (χ0) is 25.1. The number of hydrogen-bond acceptors (Lipinski definition) is 5. The Labute approximate surface area is 210 Å². The van der Waals surface area contributed by atoms with Gasteiger partial charge in [-0.2, -0.15) is 5.10 Å². The Kier molecular flexibility index (Phi) is 5.78. The van der Waals surface area contributed by atoms with Crippen LogP contribution in [-0.2, 0) is 17.8 Å². The summed E-state index contributed by atoms with van der Waals surface area (Å²) in [5.74, 6) is 0.608. The van der Waals surface area contributed by atoms with Crippen LogP contribution >= 0.6 is 0 Å². The molecule has 2 aliphatic heterocycles. The summed E-state index contributed by atoms with van der Waals surface area (Å²) in [6.07, 6.45) is -0.321. The predicted molar refractivity (Wildman–Crippen MR) is 133 cm³/mol. The largest absolute Gasteiger partial charge is 0.390 e. The fourth-order valence-corrected chi connectivity index (χ4v) is 6.21. The van der Waals surface area contributed by atoms with Gasteiger partial charge in [0.1, 0.15) is 12.7 Å². The highest BCUT2D eigenvalue weighted by molar-refractivity contribution is 5.95. The molecule has 0 unspecified atom stereocenters. The lowest BCUT2D eigenvalue weighted by Crippen LogP contribution is -2.50. The van der Waals surface area contributed by atoms with Crippen LogP contribution in [0.3, 0.4) is 0 Å². The maximum Gasteiger partial charge on any atom is 0.274 e. The van der Waals surface area contributed by atoms with Crippen LogP contribution in [-0.4, -0.2) is 88.0 Å². The fraction of sp³-hybridized carbons (Fsp3) is 0.593. The first-order chi connectivity index (χ1) is 17.3. The number of piperazine rings is 1. The van der Waals surface area contributed by atoms with E-state index in [1.54, 1.807) is 4.68 Å². The summed E-state index contributed by atoms with van der Waals surface area (Å²) >= 11 is 0. The second-order valence-corrected chi connectivity index (χ2v) is 10.9. The molecule has 3 heterocycles. The number of carbonyl (C=O) groups excluding carboxylic acids is 2. The molecule has 0 bridgehead atoms. The van der Waals surface area contributed by atoms with Crippen LogP contribution < -0.4 is 4.90 Å². The number of halogens is 1. The number of likely N-dealkylation sites (tertiary alicyclic amines) is 1. The number of aliphatic hydroxyl groups is 1. The van der Waals surface area contributed by atoms with Crippen LogP contribution in [0.4, 0.5) is 10.1 Å². The Balaban J connectivity index is 1.15. The number of aliphatic hydroxyl groups excluding tert-OH is 1. The predicted octanol–water partition coefficient (Wildman–Crippen LogP) is 2.05. The Morgan fingerprint density at radius 3 is 2.64 bits per heavy atom. The van der Waals surface area contributed by atoms with Gasteiger partial charge in [0.25, 0.3) is 5.91 Å². The van der Waals surface area contributed by atoms with Crippen molar-refractivity contribution in [1.29, 1.82) is 0 Å². The average Bonchev–Trinajstić information content (AvgIpc) is 3.40. The van der Waals surface area contributed by atoms with E-state index in [1.807, 2.05) is 4.90 Å². The van der Waals surface area contributed by atoms with E-state index in [9.17, 15) is 19.1 Å². The summed E-state index contributed by atoms with van der Waals surface area (Å²) in [5.41, 5.74) is 6.13. The molecule has 6 rings (SSSR count). The number of alkyl halides is 1. The number of carbonyl (C=O) groups is 2. The Morgan fingerprint density at radius 1 is 1.11 bits per heavy atom. The molecule has 1 aromatic heterocycles. The van der Waals surface area contributed by atoms with E-state index >= 15 is 0 Å². The van der Waals surface area contributed by atoms with E-state index in [0.717, 1.165) is 37.2 Å². The first kappa shape index (κ1) is 23.5. The van der Waals surface area contributed by atoms with Crippen molar-refractivity contribution in [3.05, 3.63) is 46.3 Å². The number of hydrogen-bond donors (Lipinski definition) is 1. The highest BCUT2D eigenvalue weighted by atomic mass is 19.1. The van der Waals surface area contributed by atoms with Gasteiger partial charge in [0.2, 0.25) is 5.91 Å². The third-order valence-electron chi connectivity index (χ3n) is 8.68. The van der Waals surface area contributed by atoms with Crippen LogP contribution in [0.25, 0.3) is 0 Å². The molecule has 2 amide bonds. The molecule has 2 saturated heterocycles. The molecule has 36 heavy (non-hydrogen) atoms. The molecule has 2 aromatic rings. The summed E-state index contributed by atoms with van der Waals surface area (Å²) in [6.45, 7) is 7.47. The zero-order valence-electron chi connectivity index (χ0n) is 21.0. The van der Waals surface area contributed by atoms with E-state index in [2.05, 4.69) is 42.0 Å². The van der Waals surface area contributed by atoms with E-state index in [1.165, 1.54) is 21.7 Å². The maximum atomic E-state index is 14.1. The quantitative estimate of drug-likeness (QED) is 0.702. The Bertz CT molecular complexity index is 1200. The van der Waals surface area contributed by atoms with Crippen molar-refractivity contribution in [2.45, 2.75) is 57.8 Å². The lowest BCUT2D eigenvalue weighted by atomic mass is 10.0. The number of amides is 2. The molecular formula is C27H34FN5O3. The summed E-state index contributed by atoms with van der Waals surface area (Å²) in [6, 6.07) is 6.34. The van der Waals surface area contributed by atoms with Gasteiger partial charge >= 0.3 is 0 Å². The van der Waals surface area contributed by atoms with Gasteiger partial charge in [0, 0.05) is 49.7 Å². The number of aryl methyl sites for hydroxylation is 1. The SMILES string of the molecule is Cc1cccc(N2CCN(C(=O)Cn3nc(C(=O)N4CC[C@@H](O)[C@@H](F)C4)c4c3C[C@@H]3C[C@H]43)CC2)c1C. The van der Waals surface area contributed by atoms with Crippen molar-refractivity contribution >= 4 is 17.5 Å². The van der Waals surface area contributed by atoms with Crippen molar-refractivity contribution < 1.29 is 19.1 Å². The van der Waals surface area contributed by atoms with Crippen molar-refractivity contribution in [1.82, 2.24) is 19.6 Å². The zero-order valence-corrected chi connectivity index (χ0v) is 21.0. The lowest BCUT2D eigenvalue weighted by molar-refractivity contribution is -0.132. The molecule has 9 heteroatoms. The minimum absolute atomic E-state index is 0.0189. The number of benzene rings is 1. The molecule has 4 aliphatic rings. The molecule has 0 spiro atoms. The van der Waals surface area contributed by atoms with E-state index in [4.69, 9.17) is 0 Å². The molecule has 0 radical (unpaired) electrons. The van der Waals surface area contributed by atoms with Gasteiger partial charge in [-0.25, -0.2) is 4.39 Å². The van der Waals surface area contributed by atoms with Crippen molar-refractivity contribution in [2.24, 2.45) is 5.92 Å². The monoisotopic (exact) mass is 495 g/mol. The van der Waals surface area contributed by atoms with E-state index in [-0.39, 0.29) is 31.3 Å². The van der Waals surface area contributed by atoms with Gasteiger partial charge in [-0.1, -0.05) is 12.1 Å². The smallest absolute Gasteiger partial charge is 0.274 e. The molecule has 8 nitrogen and oxygen atoms in total. The molecular weight excluding hydrogens is 461 g/mol. The van der Waals surface area contributed by atoms with Gasteiger partial charge in [0.05, 0.1) is 12.6 Å². The first-order valence-corrected chi connectivity index (χ1v) is 13.1. The normalized spacial score (nSPS) is 27.2. The van der Waals surface area contributed by atoms with Crippen LogP contribution in [0, 0.1) is 19.8 Å². The Morgan fingerprint density at radius 2 is 1.89 bits per heavy atom. The highest BCUT2D eigenvalue weighted by Crippen LogP contribution is 2.57. The van der Waals surface area contributed by atoms with Crippen LogP contribution in [0.2, 0.25) is 0 Å². The van der Waals surface area contributed by atoms with E-state index in [0.29, 0.717) is 37.2 Å². The maximum absolute atomic E-state index is 14.1. The van der Waals surface area contributed by atoms with Gasteiger partial charge in [0.15, 0.2) is 5.69 Å². The summed E-state index contributed by atoms with van der Waals surface area (Å²) < 4.78 is 15.8. The van der Waals surface area contributed by atoms with E-state index < -0.39 is 12.3 Å². The second-order valence-electron chi connectivity index (χ2n) is 10.9. The number of anilines is 1. The van der Waals surface area contributed by atoms with Gasteiger partial charge in [-0.05, 0) is 62.1 Å². The number of fused-ring (bicyclic) bond motifs is 3. The third kappa shape index (κ3) is 3.97. The third-order valence-corrected chi connectivity index (χ3v) is 8.68. The Hall–Kier alpha value is -2.94. The molecule has 1 N–H and O–H groups in total. The van der Waals surface area contributed by atoms with Crippen molar-refractivity contribution in [3.63, 3.8) is 0 Å². The van der Waals surface area contributed by atoms with Gasteiger partial charge < -0.3 is 19.8 Å². The summed E-state index contributed by atoms with van der Waals surface area (Å²) in [7, 11) is 0. The van der Waals surface area contributed by atoms with Crippen molar-refractivity contribution in [2.75, 3.05) is 44.2 Å². The standard InChI is InChI=1S/C27H34FN5O3/c1-16-4-3-5-21(17(16)2)30-8-10-31(11-9-30)24(35)15-33-22-13-18-12-19(18)25(22)26(29-33)27(36)32-7-6-23(34)20(28)14-32/h3-5,18-20,23,34H,6-15H2,1-2H3/t18-,19-,20-,23+/m0/s1. The number of nitrogens with zero attached hydrogens (tertiary/aromatic N) is 5. The summed E-state index contributed by atoms with van der Waals surface area (Å²) in [4.78, 5) is 32.3. The summed E-state index contributed by atoms with van der Waals surface area (Å²) in [5, 5.41) is 14.3. The number of rotatable bonds is 4. The first-order valence-electron chi connectivity index (χ1n) is 13.1. The molecule has 192 valence electrons. The second kappa shape index (κ2) is 8.87. The molecule has 3 fully saturated rings. The topological polar surface area (TPSA) is 81.9 Å². The molecule has 1 saturated carbocycles. The molecule has 2 aliphatic carbocycles. The minimum atomic E-state index is -1.43. The molecule has 1 aromatic carbocycles. The number of piperidine rings is 1. The van der Waals surface area contributed by atoms with Crippen molar-refractivity contribution in [3.8, 4) is 0 Å². The van der Waals surface area contributed by atoms with Crippen LogP contribution in [0.5, 0.6) is 0 Å². The molecule has 4 atom stereocenters. The average molecular weight is 496 g/mol. The van der Waals surface area contributed by atoms with Crippen LogP contribution in [0.1, 0.15) is 51.6 Å². The number of aromatic nitrogens is 2. The fourth-order valence-electron chi connectivity index (χ4n) is 6.21. The van der Waals surface area contributed by atoms with Crippen LogP contribution in [0.15, 0.2) is 18.2 Å². The van der Waals surface area contributed by atoms with Gasteiger partial charge in [-0.15, -0.1) is 0 Å².